The maximum atomic E-state index is 12.4. The molecule has 0 aliphatic rings. The Balaban J connectivity index is 1.85. The van der Waals surface area contributed by atoms with E-state index in [-0.39, 0.29) is 5.63 Å². The Morgan fingerprint density at radius 1 is 0.815 bits per heavy atom. The number of rotatable bonds is 14. The predicted molar refractivity (Wildman–Crippen MR) is 114 cm³/mol. The van der Waals surface area contributed by atoms with Crippen LogP contribution in [-0.2, 0) is 6.42 Å². The number of fused-ring (bicyclic) bond motifs is 1. The van der Waals surface area contributed by atoms with Gasteiger partial charge in [-0.2, -0.15) is 0 Å². The van der Waals surface area contributed by atoms with E-state index in [0.717, 1.165) is 36.2 Å². The summed E-state index contributed by atoms with van der Waals surface area (Å²) in [6, 6.07) is 7.77. The summed E-state index contributed by atoms with van der Waals surface area (Å²) in [7, 11) is 0. The van der Waals surface area contributed by atoms with Crippen LogP contribution in [-0.4, -0.2) is 6.61 Å². The topological polar surface area (TPSA) is 39.4 Å². The molecule has 2 rings (SSSR count). The van der Waals surface area contributed by atoms with Gasteiger partial charge in [0.25, 0.3) is 0 Å². The van der Waals surface area contributed by atoms with Crippen LogP contribution in [0.25, 0.3) is 10.8 Å². The minimum atomic E-state index is -0.248. The molecule has 3 nitrogen and oxygen atoms in total. The number of unbranched alkanes of at least 4 members (excludes halogenated alkanes) is 9. The Morgan fingerprint density at radius 2 is 1.48 bits per heavy atom. The van der Waals surface area contributed by atoms with E-state index < -0.39 is 0 Å². The van der Waals surface area contributed by atoms with E-state index in [2.05, 4.69) is 13.8 Å². The Bertz CT molecular complexity index is 717. The first kappa shape index (κ1) is 21.5. The van der Waals surface area contributed by atoms with Crippen molar-refractivity contribution in [3.63, 3.8) is 0 Å². The summed E-state index contributed by atoms with van der Waals surface area (Å²) in [6.45, 7) is 5.15. The highest BCUT2D eigenvalue weighted by molar-refractivity contribution is 5.82. The van der Waals surface area contributed by atoms with Gasteiger partial charge in [0.15, 0.2) is 0 Å². The van der Waals surface area contributed by atoms with Crippen molar-refractivity contribution in [2.75, 3.05) is 6.61 Å². The number of benzene rings is 1. The smallest absolute Gasteiger partial charge is 0.343 e. The molecule has 0 radical (unpaired) electrons. The zero-order valence-corrected chi connectivity index (χ0v) is 17.2. The van der Waals surface area contributed by atoms with Crippen LogP contribution in [0, 0.1) is 0 Å². The van der Waals surface area contributed by atoms with E-state index in [9.17, 15) is 4.79 Å². The van der Waals surface area contributed by atoms with Gasteiger partial charge in [0.05, 0.1) is 12.0 Å². The Morgan fingerprint density at radius 3 is 2.22 bits per heavy atom. The number of hydrogen-bond acceptors (Lipinski definition) is 3. The fourth-order valence-electron chi connectivity index (χ4n) is 3.40. The average molecular weight is 373 g/mol. The monoisotopic (exact) mass is 372 g/mol. The van der Waals surface area contributed by atoms with E-state index in [0.29, 0.717) is 12.0 Å². The standard InChI is InChI=1S/C24H36O3/c1-3-5-7-9-10-12-14-22-18-20-15-16-21(19-23(20)24(25)27-22)26-17-13-11-8-6-4-2/h15-16,18-19H,3-14,17H2,1-2H3. The third-order valence-electron chi connectivity index (χ3n) is 5.08. The Labute approximate surface area is 164 Å². The SMILES string of the molecule is CCCCCCCCc1cc2ccc(OCCCCCCC)cc2c(=O)o1. The van der Waals surface area contributed by atoms with E-state index in [1.807, 2.05) is 24.3 Å². The molecule has 0 spiro atoms. The van der Waals surface area contributed by atoms with Crippen LogP contribution in [0.4, 0.5) is 0 Å². The fourth-order valence-corrected chi connectivity index (χ4v) is 3.40. The van der Waals surface area contributed by atoms with Crippen molar-refractivity contribution in [3.05, 3.63) is 40.4 Å². The van der Waals surface area contributed by atoms with Crippen LogP contribution in [0.15, 0.2) is 33.5 Å². The molecule has 150 valence electrons. The van der Waals surface area contributed by atoms with Crippen molar-refractivity contribution < 1.29 is 9.15 Å². The van der Waals surface area contributed by atoms with Crippen LogP contribution in [0.2, 0.25) is 0 Å². The highest BCUT2D eigenvalue weighted by Gasteiger charge is 2.07. The highest BCUT2D eigenvalue weighted by atomic mass is 16.5. The zero-order chi connectivity index (χ0) is 19.3. The van der Waals surface area contributed by atoms with Crippen LogP contribution in [0.3, 0.4) is 0 Å². The van der Waals surface area contributed by atoms with Crippen molar-refractivity contribution in [1.29, 1.82) is 0 Å². The lowest BCUT2D eigenvalue weighted by atomic mass is 10.1. The molecule has 0 aliphatic heterocycles. The van der Waals surface area contributed by atoms with Gasteiger partial charge in [0.1, 0.15) is 11.5 Å². The Hall–Kier alpha value is -1.77. The van der Waals surface area contributed by atoms with Crippen molar-refractivity contribution in [1.82, 2.24) is 0 Å². The molecule has 1 aromatic carbocycles. The molecule has 0 atom stereocenters. The fraction of sp³-hybridized carbons (Fsp3) is 0.625. The molecule has 0 aliphatic carbocycles. The first-order valence-corrected chi connectivity index (χ1v) is 10.9. The molecule has 0 saturated carbocycles. The summed E-state index contributed by atoms with van der Waals surface area (Å²) in [5.74, 6) is 1.56. The van der Waals surface area contributed by atoms with Gasteiger partial charge in [0.2, 0.25) is 0 Å². The van der Waals surface area contributed by atoms with Crippen molar-refractivity contribution >= 4 is 10.8 Å². The molecule has 0 saturated heterocycles. The van der Waals surface area contributed by atoms with Gasteiger partial charge in [-0.1, -0.05) is 77.7 Å². The van der Waals surface area contributed by atoms with E-state index in [4.69, 9.17) is 9.15 Å². The normalized spacial score (nSPS) is 11.2. The summed E-state index contributed by atoms with van der Waals surface area (Å²) < 4.78 is 11.3. The van der Waals surface area contributed by atoms with Gasteiger partial charge in [-0.05, 0) is 36.4 Å². The van der Waals surface area contributed by atoms with Gasteiger partial charge < -0.3 is 9.15 Å². The second-order valence-corrected chi connectivity index (χ2v) is 7.53. The molecular formula is C24H36O3. The lowest BCUT2D eigenvalue weighted by molar-refractivity contribution is 0.305. The van der Waals surface area contributed by atoms with Gasteiger partial charge >= 0.3 is 5.63 Å². The van der Waals surface area contributed by atoms with E-state index in [1.165, 1.54) is 57.8 Å². The van der Waals surface area contributed by atoms with Crippen LogP contribution in [0.1, 0.15) is 90.2 Å². The lowest BCUT2D eigenvalue weighted by Gasteiger charge is -2.08. The largest absolute Gasteiger partial charge is 0.494 e. The first-order valence-electron chi connectivity index (χ1n) is 10.9. The number of hydrogen-bond donors (Lipinski definition) is 0. The van der Waals surface area contributed by atoms with Gasteiger partial charge in [-0.15, -0.1) is 0 Å². The second kappa shape index (κ2) is 12.6. The molecule has 2 aromatic rings. The highest BCUT2D eigenvalue weighted by Crippen LogP contribution is 2.21. The Kier molecular flexibility index (Phi) is 10.0. The summed E-state index contributed by atoms with van der Waals surface area (Å²) >= 11 is 0. The van der Waals surface area contributed by atoms with Crippen molar-refractivity contribution in [3.8, 4) is 5.75 Å². The van der Waals surface area contributed by atoms with Crippen LogP contribution >= 0.6 is 0 Å². The molecule has 0 fully saturated rings. The molecule has 1 aromatic heterocycles. The summed E-state index contributed by atoms with van der Waals surface area (Å²) in [5.41, 5.74) is -0.248. The summed E-state index contributed by atoms with van der Waals surface area (Å²) in [5, 5.41) is 1.56. The van der Waals surface area contributed by atoms with Crippen molar-refractivity contribution in [2.24, 2.45) is 0 Å². The lowest BCUT2D eigenvalue weighted by Crippen LogP contribution is -2.04. The predicted octanol–water partition coefficient (Wildman–Crippen LogP) is 7.05. The van der Waals surface area contributed by atoms with E-state index in [1.54, 1.807) is 0 Å². The number of ether oxygens (including phenoxy) is 1. The average Bonchev–Trinajstić information content (AvgIpc) is 2.67. The van der Waals surface area contributed by atoms with Crippen LogP contribution in [0.5, 0.6) is 5.75 Å². The molecule has 0 N–H and O–H groups in total. The van der Waals surface area contributed by atoms with Gasteiger partial charge in [-0.25, -0.2) is 4.79 Å². The van der Waals surface area contributed by atoms with Gasteiger partial charge in [0, 0.05) is 6.42 Å². The summed E-state index contributed by atoms with van der Waals surface area (Å²) in [4.78, 5) is 12.4. The molecule has 0 amide bonds. The summed E-state index contributed by atoms with van der Waals surface area (Å²) in [6.07, 6.45) is 14.3. The third kappa shape index (κ3) is 7.78. The van der Waals surface area contributed by atoms with E-state index >= 15 is 0 Å². The molecule has 0 unspecified atom stereocenters. The minimum absolute atomic E-state index is 0.248. The minimum Gasteiger partial charge on any atom is -0.494 e. The second-order valence-electron chi connectivity index (χ2n) is 7.53. The maximum absolute atomic E-state index is 12.4. The quantitative estimate of drug-likeness (QED) is 0.334. The molecule has 27 heavy (non-hydrogen) atoms. The molecule has 0 bridgehead atoms. The molecular weight excluding hydrogens is 336 g/mol. The molecule has 1 heterocycles. The first-order chi connectivity index (χ1) is 13.2. The third-order valence-corrected chi connectivity index (χ3v) is 5.08. The van der Waals surface area contributed by atoms with Crippen LogP contribution < -0.4 is 10.4 Å². The van der Waals surface area contributed by atoms with Crippen molar-refractivity contribution in [2.45, 2.75) is 90.9 Å². The van der Waals surface area contributed by atoms with Gasteiger partial charge in [-0.3, -0.25) is 0 Å². The number of aryl methyl sites for hydroxylation is 1. The maximum Gasteiger partial charge on any atom is 0.343 e. The zero-order valence-electron chi connectivity index (χ0n) is 17.2. The molecule has 3 heteroatoms.